The predicted octanol–water partition coefficient (Wildman–Crippen LogP) is 2.41. The van der Waals surface area contributed by atoms with E-state index in [-0.39, 0.29) is 18.4 Å². The van der Waals surface area contributed by atoms with E-state index in [1.54, 1.807) is 36.6 Å². The van der Waals surface area contributed by atoms with Gasteiger partial charge >= 0.3 is 5.97 Å². The van der Waals surface area contributed by atoms with Crippen molar-refractivity contribution in [2.24, 2.45) is 0 Å². The molecule has 0 saturated carbocycles. The molecule has 8 heteroatoms. The molecule has 1 saturated heterocycles. The van der Waals surface area contributed by atoms with Gasteiger partial charge in [0.15, 0.2) is 6.61 Å². The number of rotatable bonds is 4. The molecule has 7 nitrogen and oxygen atoms in total. The molecule has 2 aromatic rings. The van der Waals surface area contributed by atoms with Gasteiger partial charge in [-0.15, -0.1) is 11.3 Å². The maximum atomic E-state index is 12.3. The summed E-state index contributed by atoms with van der Waals surface area (Å²) in [6, 6.07) is 3.64. The summed E-state index contributed by atoms with van der Waals surface area (Å²) in [5, 5.41) is 1.87. The molecular weight excluding hydrogens is 368 g/mol. The second-order valence-electron chi connectivity index (χ2n) is 6.44. The number of amides is 2. The number of esters is 1. The number of carbonyl (C=O) groups excluding carboxylic acids is 3. The minimum Gasteiger partial charge on any atom is -0.465 e. The molecule has 1 aliphatic heterocycles. The Balaban J connectivity index is 1.50. The van der Waals surface area contributed by atoms with Crippen LogP contribution in [-0.2, 0) is 9.53 Å². The molecule has 0 unspecified atom stereocenters. The van der Waals surface area contributed by atoms with E-state index in [4.69, 9.17) is 9.15 Å². The lowest BCUT2D eigenvalue weighted by Crippen LogP contribution is -2.51. The van der Waals surface area contributed by atoms with E-state index in [0.29, 0.717) is 48.1 Å². The quantitative estimate of drug-likeness (QED) is 0.749. The first kappa shape index (κ1) is 19.2. The highest BCUT2D eigenvalue weighted by Crippen LogP contribution is 2.21. The zero-order valence-corrected chi connectivity index (χ0v) is 16.4. The number of nitrogens with zero attached hydrogens (tertiary/aromatic N) is 2. The summed E-state index contributed by atoms with van der Waals surface area (Å²) < 4.78 is 10.6. The summed E-state index contributed by atoms with van der Waals surface area (Å²) in [6.07, 6.45) is 0. The van der Waals surface area contributed by atoms with E-state index in [9.17, 15) is 14.4 Å². The molecule has 0 aromatic carbocycles. The van der Waals surface area contributed by atoms with Crippen LogP contribution < -0.4 is 0 Å². The number of thiophene rings is 1. The highest BCUT2D eigenvalue weighted by molar-refractivity contribution is 7.12. The maximum absolute atomic E-state index is 12.3. The van der Waals surface area contributed by atoms with E-state index in [1.807, 2.05) is 11.4 Å². The third-order valence-corrected chi connectivity index (χ3v) is 5.60. The number of hydrogen-bond donors (Lipinski definition) is 0. The van der Waals surface area contributed by atoms with Crippen LogP contribution in [0, 0.1) is 20.8 Å². The first-order chi connectivity index (χ1) is 12.9. The van der Waals surface area contributed by atoms with Gasteiger partial charge in [0.25, 0.3) is 11.8 Å². The van der Waals surface area contributed by atoms with Crippen LogP contribution in [0.2, 0.25) is 0 Å². The van der Waals surface area contributed by atoms with Crippen molar-refractivity contribution in [2.45, 2.75) is 20.8 Å². The number of ether oxygens (including phenoxy) is 1. The standard InChI is InChI=1S/C19H22N2O5S/c1-12-13(2)26-14(3)17(12)19(24)25-11-16(22)20-6-8-21(9-7-20)18(23)15-5-4-10-27-15/h4-5,10H,6-9,11H2,1-3H3. The molecule has 1 fully saturated rings. The van der Waals surface area contributed by atoms with Crippen molar-refractivity contribution >= 4 is 29.1 Å². The topological polar surface area (TPSA) is 80.1 Å². The second-order valence-corrected chi connectivity index (χ2v) is 7.39. The van der Waals surface area contributed by atoms with Gasteiger partial charge < -0.3 is 19.0 Å². The van der Waals surface area contributed by atoms with Crippen molar-refractivity contribution in [3.8, 4) is 0 Å². The fraction of sp³-hybridized carbons (Fsp3) is 0.421. The normalized spacial score (nSPS) is 14.3. The average molecular weight is 390 g/mol. The van der Waals surface area contributed by atoms with Crippen LogP contribution in [0.3, 0.4) is 0 Å². The van der Waals surface area contributed by atoms with Gasteiger partial charge in [-0.2, -0.15) is 0 Å². The van der Waals surface area contributed by atoms with Crippen molar-refractivity contribution < 1.29 is 23.5 Å². The monoisotopic (exact) mass is 390 g/mol. The van der Waals surface area contributed by atoms with E-state index >= 15 is 0 Å². The summed E-state index contributed by atoms with van der Waals surface area (Å²) in [7, 11) is 0. The molecule has 2 aromatic heterocycles. The van der Waals surface area contributed by atoms with E-state index in [0.717, 1.165) is 5.56 Å². The molecule has 3 rings (SSSR count). The van der Waals surface area contributed by atoms with E-state index in [2.05, 4.69) is 0 Å². The highest BCUT2D eigenvalue weighted by atomic mass is 32.1. The summed E-state index contributed by atoms with van der Waals surface area (Å²) >= 11 is 1.41. The molecule has 1 aliphatic rings. The number of piperazine rings is 1. The first-order valence-electron chi connectivity index (χ1n) is 8.72. The Hall–Kier alpha value is -2.61. The molecule has 3 heterocycles. The summed E-state index contributed by atoms with van der Waals surface area (Å²) in [4.78, 5) is 41.0. The maximum Gasteiger partial charge on any atom is 0.342 e. The predicted molar refractivity (Wildman–Crippen MR) is 100 cm³/mol. The van der Waals surface area contributed by atoms with Crippen LogP contribution in [0.1, 0.15) is 37.1 Å². The molecule has 0 bridgehead atoms. The van der Waals surface area contributed by atoms with Crippen molar-refractivity contribution in [1.82, 2.24) is 9.80 Å². The lowest BCUT2D eigenvalue weighted by molar-refractivity contribution is -0.136. The third-order valence-electron chi connectivity index (χ3n) is 4.74. The molecule has 0 radical (unpaired) electrons. The van der Waals surface area contributed by atoms with Gasteiger partial charge in [-0.1, -0.05) is 6.07 Å². The Labute approximate surface area is 161 Å². The van der Waals surface area contributed by atoms with Gasteiger partial charge in [0.1, 0.15) is 17.1 Å². The van der Waals surface area contributed by atoms with Crippen LogP contribution in [0.15, 0.2) is 21.9 Å². The fourth-order valence-electron chi connectivity index (χ4n) is 3.10. The van der Waals surface area contributed by atoms with E-state index in [1.165, 1.54) is 11.3 Å². The lowest BCUT2D eigenvalue weighted by Gasteiger charge is -2.34. The third kappa shape index (κ3) is 4.05. The lowest BCUT2D eigenvalue weighted by atomic mass is 10.1. The molecule has 0 atom stereocenters. The zero-order chi connectivity index (χ0) is 19.6. The van der Waals surface area contributed by atoms with Crippen molar-refractivity contribution in [2.75, 3.05) is 32.8 Å². The summed E-state index contributed by atoms with van der Waals surface area (Å²) in [6.45, 7) is 6.73. The average Bonchev–Trinajstić information content (AvgIpc) is 3.28. The van der Waals surface area contributed by atoms with Gasteiger partial charge in [-0.05, 0) is 32.2 Å². The highest BCUT2D eigenvalue weighted by Gasteiger charge is 2.27. The Bertz CT molecular complexity index is 848. The largest absolute Gasteiger partial charge is 0.465 e. The number of carbonyl (C=O) groups is 3. The molecule has 27 heavy (non-hydrogen) atoms. The first-order valence-corrected chi connectivity index (χ1v) is 9.60. The van der Waals surface area contributed by atoms with Gasteiger partial charge in [0.05, 0.1) is 4.88 Å². The van der Waals surface area contributed by atoms with Gasteiger partial charge in [-0.3, -0.25) is 9.59 Å². The molecule has 0 aliphatic carbocycles. The fourth-order valence-corrected chi connectivity index (χ4v) is 3.79. The zero-order valence-electron chi connectivity index (χ0n) is 15.6. The van der Waals surface area contributed by atoms with Crippen LogP contribution in [-0.4, -0.2) is 60.4 Å². The van der Waals surface area contributed by atoms with Crippen LogP contribution >= 0.6 is 11.3 Å². The molecular formula is C19H22N2O5S. The minimum atomic E-state index is -0.554. The molecule has 0 N–H and O–H groups in total. The second kappa shape index (κ2) is 7.96. The number of furan rings is 1. The number of hydrogen-bond acceptors (Lipinski definition) is 6. The van der Waals surface area contributed by atoms with Crippen LogP contribution in [0.25, 0.3) is 0 Å². The van der Waals surface area contributed by atoms with Crippen LogP contribution in [0.4, 0.5) is 0 Å². The van der Waals surface area contributed by atoms with Crippen molar-refractivity contribution in [1.29, 1.82) is 0 Å². The molecule has 2 amide bonds. The Kier molecular flexibility index (Phi) is 5.65. The van der Waals surface area contributed by atoms with Crippen molar-refractivity contribution in [3.05, 3.63) is 45.0 Å². The van der Waals surface area contributed by atoms with Crippen molar-refractivity contribution in [3.63, 3.8) is 0 Å². The van der Waals surface area contributed by atoms with Gasteiger partial charge in [0.2, 0.25) is 0 Å². The van der Waals surface area contributed by atoms with Gasteiger partial charge in [0, 0.05) is 31.7 Å². The van der Waals surface area contributed by atoms with E-state index < -0.39 is 5.97 Å². The van der Waals surface area contributed by atoms with Crippen LogP contribution in [0.5, 0.6) is 0 Å². The summed E-state index contributed by atoms with van der Waals surface area (Å²) in [5.74, 6) is 0.328. The Morgan fingerprint density at radius 3 is 2.30 bits per heavy atom. The van der Waals surface area contributed by atoms with Gasteiger partial charge in [-0.25, -0.2) is 4.79 Å². The number of aryl methyl sites for hydroxylation is 2. The molecule has 0 spiro atoms. The smallest absolute Gasteiger partial charge is 0.342 e. The molecule has 144 valence electrons. The SMILES string of the molecule is Cc1oc(C)c(C(=O)OCC(=O)N2CCN(C(=O)c3cccs3)CC2)c1C. The minimum absolute atomic E-state index is 0.00944. The Morgan fingerprint density at radius 1 is 1.07 bits per heavy atom. The summed E-state index contributed by atoms with van der Waals surface area (Å²) in [5.41, 5.74) is 1.11. The Morgan fingerprint density at radius 2 is 1.74 bits per heavy atom.